The summed E-state index contributed by atoms with van der Waals surface area (Å²) >= 11 is 0. The maximum atomic E-state index is 13.5. The summed E-state index contributed by atoms with van der Waals surface area (Å²) in [6.45, 7) is 11.3. The van der Waals surface area contributed by atoms with Crippen LogP contribution in [0.15, 0.2) is 42.7 Å². The molecule has 216 valence electrons. The number of hydrogen-bond donors (Lipinski definition) is 3. The number of benzene rings is 2. The molecule has 1 atom stereocenters. The lowest BCUT2D eigenvalue weighted by Gasteiger charge is -2.19. The van der Waals surface area contributed by atoms with Crippen molar-refractivity contribution >= 4 is 17.3 Å². The van der Waals surface area contributed by atoms with Gasteiger partial charge in [-0.1, -0.05) is 26.8 Å². The van der Waals surface area contributed by atoms with Gasteiger partial charge in [-0.3, -0.25) is 4.79 Å². The zero-order chi connectivity index (χ0) is 29.4. The van der Waals surface area contributed by atoms with Crippen LogP contribution < -0.4 is 25.4 Å². The number of amides is 1. The van der Waals surface area contributed by atoms with Crippen LogP contribution in [-0.2, 0) is 6.18 Å². The number of anilines is 2. The van der Waals surface area contributed by atoms with E-state index < -0.39 is 17.6 Å². The van der Waals surface area contributed by atoms with Crippen LogP contribution in [0.4, 0.5) is 24.5 Å². The molecule has 0 radical (unpaired) electrons. The molecule has 0 bridgehead atoms. The first-order valence-electron chi connectivity index (χ1n) is 13.0. The third-order valence-electron chi connectivity index (χ3n) is 6.46. The summed E-state index contributed by atoms with van der Waals surface area (Å²) < 4.78 is 52.6. The average molecular weight is 560 g/mol. The van der Waals surface area contributed by atoms with E-state index >= 15 is 0 Å². The van der Waals surface area contributed by atoms with Crippen LogP contribution in [0.3, 0.4) is 0 Å². The number of nitrogens with zero attached hydrogens (tertiary/aromatic N) is 2. The predicted octanol–water partition coefficient (Wildman–Crippen LogP) is 6.46. The molecule has 40 heavy (non-hydrogen) atoms. The highest BCUT2D eigenvalue weighted by Gasteiger charge is 2.31. The first-order valence-corrected chi connectivity index (χ1v) is 13.0. The molecule has 0 unspecified atom stereocenters. The summed E-state index contributed by atoms with van der Waals surface area (Å²) in [6.07, 6.45) is -3.21. The predicted molar refractivity (Wildman–Crippen MR) is 149 cm³/mol. The molecule has 2 aromatic carbocycles. The summed E-state index contributed by atoms with van der Waals surface area (Å²) in [6, 6.07) is 8.15. The van der Waals surface area contributed by atoms with E-state index in [4.69, 9.17) is 9.47 Å². The van der Waals surface area contributed by atoms with E-state index in [1.807, 2.05) is 6.92 Å². The number of aryl methyl sites for hydroxylation is 2. The Labute approximate surface area is 232 Å². The third kappa shape index (κ3) is 8.32. The summed E-state index contributed by atoms with van der Waals surface area (Å²) in [5.74, 6) is 1.09. The molecule has 0 saturated carbocycles. The summed E-state index contributed by atoms with van der Waals surface area (Å²) in [5.41, 5.74) is 0.913. The molecule has 0 spiro atoms. The lowest BCUT2D eigenvalue weighted by atomic mass is 9.99. The van der Waals surface area contributed by atoms with Crippen LogP contribution in [0.1, 0.15) is 48.0 Å². The largest absolute Gasteiger partial charge is 0.486 e. The Kier molecular flexibility index (Phi) is 10.3. The van der Waals surface area contributed by atoms with Crippen molar-refractivity contribution in [1.82, 2.24) is 15.3 Å². The van der Waals surface area contributed by atoms with Crippen molar-refractivity contribution in [2.75, 3.05) is 37.4 Å². The van der Waals surface area contributed by atoms with Gasteiger partial charge >= 0.3 is 6.18 Å². The van der Waals surface area contributed by atoms with E-state index in [1.54, 1.807) is 26.1 Å². The summed E-state index contributed by atoms with van der Waals surface area (Å²) in [7, 11) is 1.74. The monoisotopic (exact) mass is 559 g/mol. The van der Waals surface area contributed by atoms with Gasteiger partial charge in [-0.05, 0) is 68.6 Å². The van der Waals surface area contributed by atoms with Gasteiger partial charge in [-0.2, -0.15) is 18.2 Å². The molecule has 0 aliphatic heterocycles. The minimum absolute atomic E-state index is 0.0104. The van der Waals surface area contributed by atoms with E-state index in [-0.39, 0.29) is 28.7 Å². The Hall–Kier alpha value is -3.86. The van der Waals surface area contributed by atoms with Gasteiger partial charge in [0, 0.05) is 30.0 Å². The van der Waals surface area contributed by atoms with Crippen LogP contribution in [-0.4, -0.2) is 42.6 Å². The standard InChI is InChI=1S/C29H36F3N5O3/c1-17(2)19(4)15-39-26-20(5)35-16-36-28(26)40-25-11-21(8-7-18(25)3)27(38)37-24-13-22(29(30,31)32)12-23(14-24)34-10-9-33-6/h7-8,11-14,16-17,19,33-34H,9-10,15H2,1-6H3,(H,37,38)/t19-/m1/s1. The number of carbonyl (C=O) groups is 1. The minimum atomic E-state index is -4.58. The normalized spacial score (nSPS) is 12.2. The van der Waals surface area contributed by atoms with Crippen molar-refractivity contribution in [1.29, 1.82) is 0 Å². The Morgan fingerprint density at radius 1 is 1.00 bits per heavy atom. The fourth-order valence-electron chi connectivity index (χ4n) is 3.54. The van der Waals surface area contributed by atoms with Crippen molar-refractivity contribution in [3.8, 4) is 17.4 Å². The Bertz CT molecular complexity index is 1310. The molecule has 3 rings (SSSR count). The molecule has 1 aromatic heterocycles. The number of alkyl halides is 3. The Morgan fingerprint density at radius 2 is 1.73 bits per heavy atom. The molecule has 1 amide bonds. The van der Waals surface area contributed by atoms with E-state index in [9.17, 15) is 18.0 Å². The summed E-state index contributed by atoms with van der Waals surface area (Å²) in [5, 5.41) is 8.42. The number of ether oxygens (including phenoxy) is 2. The lowest BCUT2D eigenvalue weighted by molar-refractivity contribution is -0.137. The van der Waals surface area contributed by atoms with Crippen LogP contribution in [0, 0.1) is 25.7 Å². The van der Waals surface area contributed by atoms with Crippen molar-refractivity contribution in [3.05, 3.63) is 65.1 Å². The van der Waals surface area contributed by atoms with Gasteiger partial charge in [0.05, 0.1) is 17.9 Å². The van der Waals surface area contributed by atoms with Crippen molar-refractivity contribution in [2.24, 2.45) is 11.8 Å². The number of carbonyl (C=O) groups excluding carboxylic acids is 1. The fraction of sp³-hybridized carbons (Fsp3) is 0.414. The Morgan fingerprint density at radius 3 is 2.40 bits per heavy atom. The molecule has 3 N–H and O–H groups in total. The molecule has 8 nitrogen and oxygen atoms in total. The lowest BCUT2D eigenvalue weighted by Crippen LogP contribution is -2.18. The Balaban J connectivity index is 1.84. The van der Waals surface area contributed by atoms with Gasteiger partial charge < -0.3 is 25.4 Å². The molecule has 0 aliphatic carbocycles. The minimum Gasteiger partial charge on any atom is -0.486 e. The topological polar surface area (TPSA) is 97.4 Å². The molecule has 11 heteroatoms. The number of halogens is 3. The van der Waals surface area contributed by atoms with Crippen LogP contribution in [0.25, 0.3) is 0 Å². The molecular formula is C29H36F3N5O3. The van der Waals surface area contributed by atoms with E-state index in [0.29, 0.717) is 42.8 Å². The second-order valence-electron chi connectivity index (χ2n) is 9.99. The highest BCUT2D eigenvalue weighted by Crippen LogP contribution is 2.35. The van der Waals surface area contributed by atoms with Crippen molar-refractivity contribution in [2.45, 2.75) is 40.8 Å². The van der Waals surface area contributed by atoms with E-state index in [1.165, 1.54) is 18.5 Å². The van der Waals surface area contributed by atoms with Crippen molar-refractivity contribution < 1.29 is 27.4 Å². The van der Waals surface area contributed by atoms with Crippen LogP contribution in [0.2, 0.25) is 0 Å². The SMILES string of the molecule is CNCCNc1cc(NC(=O)c2ccc(C)c(Oc3ncnc(C)c3OC[C@@H](C)C(C)C)c2)cc(C(F)(F)F)c1. The van der Waals surface area contributed by atoms with Gasteiger partial charge in [0.15, 0.2) is 0 Å². The highest BCUT2D eigenvalue weighted by molar-refractivity contribution is 6.04. The second-order valence-corrected chi connectivity index (χ2v) is 9.99. The molecule has 0 aliphatic rings. The number of hydrogen-bond acceptors (Lipinski definition) is 7. The average Bonchev–Trinajstić information content (AvgIpc) is 2.88. The van der Waals surface area contributed by atoms with Gasteiger partial charge in [-0.15, -0.1) is 0 Å². The first kappa shape index (κ1) is 30.7. The van der Waals surface area contributed by atoms with Crippen LogP contribution >= 0.6 is 0 Å². The number of rotatable bonds is 12. The van der Waals surface area contributed by atoms with E-state index in [2.05, 4.69) is 46.7 Å². The van der Waals surface area contributed by atoms with Crippen molar-refractivity contribution in [3.63, 3.8) is 0 Å². The van der Waals surface area contributed by atoms with Gasteiger partial charge in [0.1, 0.15) is 12.1 Å². The zero-order valence-electron chi connectivity index (χ0n) is 23.6. The quantitative estimate of drug-likeness (QED) is 0.219. The van der Waals surface area contributed by atoms with Gasteiger partial charge in [0.2, 0.25) is 5.75 Å². The third-order valence-corrected chi connectivity index (χ3v) is 6.46. The number of nitrogens with one attached hydrogen (secondary N) is 3. The fourth-order valence-corrected chi connectivity index (χ4v) is 3.54. The zero-order valence-corrected chi connectivity index (χ0v) is 23.6. The second kappa shape index (κ2) is 13.5. The maximum Gasteiger partial charge on any atom is 0.416 e. The molecule has 3 aromatic rings. The molecule has 0 saturated heterocycles. The maximum absolute atomic E-state index is 13.5. The number of likely N-dealkylation sites (N-methyl/N-ethyl adjacent to an activating group) is 1. The van der Waals surface area contributed by atoms with Gasteiger partial charge in [0.25, 0.3) is 11.8 Å². The van der Waals surface area contributed by atoms with Gasteiger partial charge in [-0.25, -0.2) is 4.98 Å². The van der Waals surface area contributed by atoms with Crippen LogP contribution in [0.5, 0.6) is 17.4 Å². The van der Waals surface area contributed by atoms with E-state index in [0.717, 1.165) is 17.7 Å². The molecule has 0 fully saturated rings. The molecule has 1 heterocycles. The smallest absolute Gasteiger partial charge is 0.416 e. The highest BCUT2D eigenvalue weighted by atomic mass is 19.4. The molecular weight excluding hydrogens is 523 g/mol. The summed E-state index contributed by atoms with van der Waals surface area (Å²) in [4.78, 5) is 21.5. The first-order chi connectivity index (χ1) is 18.9. The number of aromatic nitrogens is 2.